The van der Waals surface area contributed by atoms with Crippen LogP contribution in [-0.4, -0.2) is 22.6 Å². The smallest absolute Gasteiger partial charge is 0.339 e. The molecule has 2 aromatic rings. The highest BCUT2D eigenvalue weighted by Crippen LogP contribution is 2.32. The summed E-state index contributed by atoms with van der Waals surface area (Å²) in [7, 11) is 1.33. The molecule has 0 N–H and O–H groups in total. The molecule has 122 valence electrons. The lowest BCUT2D eigenvalue weighted by atomic mass is 9.85. The van der Waals surface area contributed by atoms with Gasteiger partial charge in [-0.25, -0.2) is 4.79 Å². The van der Waals surface area contributed by atoms with Crippen molar-refractivity contribution in [2.45, 2.75) is 45.6 Å². The molecule has 2 heterocycles. The highest BCUT2D eigenvalue weighted by atomic mass is 16.5. The van der Waals surface area contributed by atoms with Gasteiger partial charge in [-0.05, 0) is 37.8 Å². The molecule has 5 heteroatoms. The predicted octanol–water partition coefficient (Wildman–Crippen LogP) is 3.24. The quantitative estimate of drug-likeness (QED) is 0.798. The van der Waals surface area contributed by atoms with Gasteiger partial charge in [-0.2, -0.15) is 0 Å². The van der Waals surface area contributed by atoms with Crippen molar-refractivity contribution in [2.24, 2.45) is 5.92 Å². The maximum absolute atomic E-state index is 12.9. The Bertz CT molecular complexity index is 810. The Morgan fingerprint density at radius 1 is 1.35 bits per heavy atom. The minimum absolute atomic E-state index is 0.0705. The number of nitrogens with zero attached hydrogens (tertiary/aromatic N) is 2. The van der Waals surface area contributed by atoms with Crippen LogP contribution in [0.4, 0.5) is 0 Å². The van der Waals surface area contributed by atoms with Gasteiger partial charge in [0, 0.05) is 12.2 Å². The number of fused-ring (bicyclic) bond motifs is 1. The molecule has 5 nitrogen and oxygen atoms in total. The molecule has 0 aliphatic heterocycles. The van der Waals surface area contributed by atoms with Gasteiger partial charge in [-0.1, -0.05) is 19.8 Å². The van der Waals surface area contributed by atoms with Gasteiger partial charge in [0.15, 0.2) is 0 Å². The van der Waals surface area contributed by atoms with Crippen molar-refractivity contribution in [3.63, 3.8) is 0 Å². The summed E-state index contributed by atoms with van der Waals surface area (Å²) in [5.74, 6) is 0.0233. The molecule has 3 rings (SSSR count). The lowest BCUT2D eigenvalue weighted by molar-refractivity contribution is 0.0599. The summed E-state index contributed by atoms with van der Waals surface area (Å²) < 4.78 is 6.61. The largest absolute Gasteiger partial charge is 0.465 e. The van der Waals surface area contributed by atoms with Crippen LogP contribution in [-0.2, 0) is 4.74 Å². The Kier molecular flexibility index (Phi) is 4.20. The minimum atomic E-state index is -0.460. The molecule has 2 atom stereocenters. The number of carbonyl (C=O) groups is 1. The number of rotatable bonds is 2. The van der Waals surface area contributed by atoms with Gasteiger partial charge < -0.3 is 9.30 Å². The van der Waals surface area contributed by atoms with Crippen LogP contribution in [0.2, 0.25) is 0 Å². The van der Waals surface area contributed by atoms with Crippen LogP contribution in [0.15, 0.2) is 23.1 Å². The van der Waals surface area contributed by atoms with Gasteiger partial charge in [0.1, 0.15) is 0 Å². The maximum Gasteiger partial charge on any atom is 0.339 e. The lowest BCUT2D eigenvalue weighted by Crippen LogP contribution is -2.30. The third-order valence-electron chi connectivity index (χ3n) is 4.93. The highest BCUT2D eigenvalue weighted by Gasteiger charge is 2.24. The molecule has 1 fully saturated rings. The highest BCUT2D eigenvalue weighted by molar-refractivity contribution is 5.94. The standard InChI is InChI=1S/C18H22N2O3/c1-11-6-4-5-7-16(11)20-9-8-15-14(17(20)21)10-13(12(2)19-15)18(22)23-3/h8-11,16H,4-7H2,1-3H3/t11-,16+/m0/s1. The molecular weight excluding hydrogens is 292 g/mol. The number of esters is 1. The zero-order valence-corrected chi connectivity index (χ0v) is 13.8. The lowest BCUT2D eigenvalue weighted by Gasteiger charge is -2.30. The molecule has 0 radical (unpaired) electrons. The third kappa shape index (κ3) is 2.76. The number of pyridine rings is 2. The topological polar surface area (TPSA) is 61.2 Å². The zero-order chi connectivity index (χ0) is 16.6. The van der Waals surface area contributed by atoms with Crippen molar-refractivity contribution in [2.75, 3.05) is 7.11 Å². The van der Waals surface area contributed by atoms with Gasteiger partial charge in [0.2, 0.25) is 0 Å². The van der Waals surface area contributed by atoms with E-state index in [2.05, 4.69) is 11.9 Å². The Balaban J connectivity index is 2.16. The van der Waals surface area contributed by atoms with Crippen LogP contribution < -0.4 is 5.56 Å². The van der Waals surface area contributed by atoms with E-state index in [0.717, 1.165) is 19.3 Å². The molecule has 0 amide bonds. The van der Waals surface area contributed by atoms with E-state index in [0.29, 0.717) is 28.1 Å². The summed E-state index contributed by atoms with van der Waals surface area (Å²) in [6, 6.07) is 3.71. The number of carbonyl (C=O) groups excluding carboxylic acids is 1. The van der Waals surface area contributed by atoms with Crippen molar-refractivity contribution in [3.05, 3.63) is 39.9 Å². The normalized spacial score (nSPS) is 21.3. The molecule has 2 aromatic heterocycles. The Hall–Kier alpha value is -2.17. The Morgan fingerprint density at radius 2 is 2.09 bits per heavy atom. The SMILES string of the molecule is COC(=O)c1cc2c(=O)n([C@@H]3CCCC[C@@H]3C)ccc2nc1C. The monoisotopic (exact) mass is 314 g/mol. The summed E-state index contributed by atoms with van der Waals surface area (Å²) in [5.41, 5.74) is 1.48. The first-order valence-electron chi connectivity index (χ1n) is 8.13. The second-order valence-electron chi connectivity index (χ2n) is 6.40. The van der Waals surface area contributed by atoms with E-state index in [4.69, 9.17) is 4.74 Å². The summed E-state index contributed by atoms with van der Waals surface area (Å²) in [6.07, 6.45) is 6.40. The summed E-state index contributed by atoms with van der Waals surface area (Å²) in [5, 5.41) is 0.483. The Morgan fingerprint density at radius 3 is 2.78 bits per heavy atom. The van der Waals surface area contributed by atoms with E-state index in [1.54, 1.807) is 13.0 Å². The summed E-state index contributed by atoms with van der Waals surface area (Å²) in [4.78, 5) is 29.2. The van der Waals surface area contributed by atoms with Crippen molar-refractivity contribution in [1.82, 2.24) is 9.55 Å². The van der Waals surface area contributed by atoms with Crippen molar-refractivity contribution in [3.8, 4) is 0 Å². The molecule has 0 spiro atoms. The van der Waals surface area contributed by atoms with E-state index in [-0.39, 0.29) is 11.6 Å². The summed E-state index contributed by atoms with van der Waals surface area (Å²) in [6.45, 7) is 3.95. The van der Waals surface area contributed by atoms with Crippen LogP contribution in [0.3, 0.4) is 0 Å². The van der Waals surface area contributed by atoms with Crippen LogP contribution in [0.1, 0.15) is 54.7 Å². The fourth-order valence-electron chi connectivity index (χ4n) is 3.57. The fourth-order valence-corrected chi connectivity index (χ4v) is 3.57. The van der Waals surface area contributed by atoms with Gasteiger partial charge in [0.05, 0.1) is 29.3 Å². The van der Waals surface area contributed by atoms with E-state index in [1.165, 1.54) is 13.5 Å². The average Bonchev–Trinajstić information content (AvgIpc) is 2.55. The average molecular weight is 314 g/mol. The van der Waals surface area contributed by atoms with Gasteiger partial charge in [-0.15, -0.1) is 0 Å². The first-order valence-corrected chi connectivity index (χ1v) is 8.13. The Labute approximate surface area is 135 Å². The van der Waals surface area contributed by atoms with Crippen LogP contribution in [0, 0.1) is 12.8 Å². The number of hydrogen-bond acceptors (Lipinski definition) is 4. The third-order valence-corrected chi connectivity index (χ3v) is 4.93. The molecule has 1 saturated carbocycles. The molecule has 1 aliphatic rings. The first-order chi connectivity index (χ1) is 11.0. The van der Waals surface area contributed by atoms with Crippen LogP contribution in [0.25, 0.3) is 10.9 Å². The van der Waals surface area contributed by atoms with Gasteiger partial charge in [0.25, 0.3) is 5.56 Å². The second-order valence-corrected chi connectivity index (χ2v) is 6.40. The van der Waals surface area contributed by atoms with Gasteiger partial charge in [-0.3, -0.25) is 9.78 Å². The van der Waals surface area contributed by atoms with E-state index in [1.807, 2.05) is 16.8 Å². The second kappa shape index (κ2) is 6.14. The number of aryl methyl sites for hydroxylation is 1. The number of hydrogen-bond donors (Lipinski definition) is 0. The number of methoxy groups -OCH3 is 1. The van der Waals surface area contributed by atoms with Crippen molar-refractivity contribution >= 4 is 16.9 Å². The predicted molar refractivity (Wildman–Crippen MR) is 88.7 cm³/mol. The molecule has 0 aromatic carbocycles. The van der Waals surface area contributed by atoms with E-state index >= 15 is 0 Å². The van der Waals surface area contributed by atoms with Crippen molar-refractivity contribution in [1.29, 1.82) is 0 Å². The number of aromatic nitrogens is 2. The summed E-state index contributed by atoms with van der Waals surface area (Å²) >= 11 is 0. The fraction of sp³-hybridized carbons (Fsp3) is 0.500. The van der Waals surface area contributed by atoms with Crippen LogP contribution >= 0.6 is 0 Å². The number of ether oxygens (including phenoxy) is 1. The van der Waals surface area contributed by atoms with Crippen LogP contribution in [0.5, 0.6) is 0 Å². The molecule has 0 saturated heterocycles. The van der Waals surface area contributed by atoms with E-state index in [9.17, 15) is 9.59 Å². The molecule has 0 bridgehead atoms. The minimum Gasteiger partial charge on any atom is -0.465 e. The van der Waals surface area contributed by atoms with Crippen molar-refractivity contribution < 1.29 is 9.53 Å². The molecule has 1 aliphatic carbocycles. The molecular formula is C18H22N2O3. The maximum atomic E-state index is 12.9. The first kappa shape index (κ1) is 15.7. The molecule has 23 heavy (non-hydrogen) atoms. The van der Waals surface area contributed by atoms with E-state index < -0.39 is 5.97 Å². The zero-order valence-electron chi connectivity index (χ0n) is 13.8. The van der Waals surface area contributed by atoms with Gasteiger partial charge >= 0.3 is 5.97 Å². The molecule has 0 unspecified atom stereocenters.